The second-order valence-electron chi connectivity index (χ2n) is 10.9. The largest absolute Gasteiger partial charge is 0.490 e. The Hall–Kier alpha value is -4.67. The molecule has 0 fully saturated rings. The fourth-order valence-corrected chi connectivity index (χ4v) is 5.31. The second kappa shape index (κ2) is 13.6. The van der Waals surface area contributed by atoms with Crippen molar-refractivity contribution in [3.05, 3.63) is 70.4 Å². The first-order valence-electron chi connectivity index (χ1n) is 14.3. The van der Waals surface area contributed by atoms with Crippen molar-refractivity contribution >= 4 is 17.7 Å². The van der Waals surface area contributed by atoms with E-state index in [0.717, 1.165) is 4.90 Å². The van der Waals surface area contributed by atoms with Crippen LogP contribution in [0, 0.1) is 0 Å². The predicted molar refractivity (Wildman–Crippen MR) is 153 cm³/mol. The fourth-order valence-electron chi connectivity index (χ4n) is 5.31. The van der Waals surface area contributed by atoms with Gasteiger partial charge in [-0.15, -0.1) is 0 Å². The molecule has 0 aliphatic carbocycles. The maximum absolute atomic E-state index is 13.6. The third kappa shape index (κ3) is 8.01. The maximum Gasteiger partial charge on any atom is 0.416 e. The maximum atomic E-state index is 13.6. The van der Waals surface area contributed by atoms with Crippen LogP contribution in [0.5, 0.6) is 11.6 Å². The molecule has 1 aliphatic heterocycles. The van der Waals surface area contributed by atoms with Crippen molar-refractivity contribution in [3.8, 4) is 11.6 Å². The lowest BCUT2D eigenvalue weighted by Crippen LogP contribution is -2.61. The van der Waals surface area contributed by atoms with E-state index in [-0.39, 0.29) is 84.9 Å². The third-order valence-corrected chi connectivity index (χ3v) is 7.68. The Bertz CT molecular complexity index is 1600. The van der Waals surface area contributed by atoms with Gasteiger partial charge in [-0.25, -0.2) is 19.7 Å². The lowest BCUT2D eigenvalue weighted by molar-refractivity contribution is -0.143. The number of nitrogens with two attached hydrogens (primary N) is 1. The molecule has 1 aliphatic rings. The zero-order valence-electron chi connectivity index (χ0n) is 25.2. The average Bonchev–Trinajstić information content (AvgIpc) is 2.99. The topological polar surface area (TPSA) is 161 Å². The summed E-state index contributed by atoms with van der Waals surface area (Å²) in [6.45, 7) is 1.63. The SMILES string of the molecule is CC[C@]1(N)C[C@H](c2ncc(OCCCCC(=O)O)c(Cc3cc(C(F)(F)F)cc(C(F)(F)F)c3)n2)c2nc(OC)ccc2N1C(=O)O. The molecule has 2 atom stereocenters. The number of methoxy groups -OCH3 is 1. The monoisotopic (exact) mass is 671 g/mol. The summed E-state index contributed by atoms with van der Waals surface area (Å²) in [6, 6.07) is 4.08. The van der Waals surface area contributed by atoms with Crippen LogP contribution in [0.4, 0.5) is 36.8 Å². The molecule has 11 nitrogen and oxygen atoms in total. The smallest absolute Gasteiger partial charge is 0.416 e. The van der Waals surface area contributed by atoms with Gasteiger partial charge in [-0.2, -0.15) is 26.3 Å². The standard InChI is InChI=1S/C30H31F6N5O6/c1-3-28(37)14-19(25-21(41(28)27(44)45)7-8-23(40-25)46-2)26-38-15-22(47-9-5-4-6-24(42)43)20(39-26)12-16-10-17(29(31,32)33)13-18(11-16)30(34,35)36/h7-8,10-11,13,15,19H,3-6,9,12,14,37H2,1-2H3,(H,42,43)(H,44,45)/t19-,28+/m0/s1. The molecule has 17 heteroatoms. The Kier molecular flexibility index (Phi) is 10.2. The number of carboxylic acids is 1. The number of benzene rings is 1. The number of hydrogen-bond acceptors (Lipinski definition) is 8. The summed E-state index contributed by atoms with van der Waals surface area (Å²) >= 11 is 0. The average molecular weight is 672 g/mol. The normalized spacial score (nSPS) is 18.1. The number of anilines is 1. The highest BCUT2D eigenvalue weighted by Gasteiger charge is 2.47. The van der Waals surface area contributed by atoms with Crippen molar-refractivity contribution in [1.29, 1.82) is 0 Å². The van der Waals surface area contributed by atoms with Crippen molar-refractivity contribution in [2.75, 3.05) is 18.6 Å². The Balaban J connectivity index is 1.84. The summed E-state index contributed by atoms with van der Waals surface area (Å²) in [5, 5.41) is 18.9. The zero-order valence-corrected chi connectivity index (χ0v) is 25.2. The minimum Gasteiger partial charge on any atom is -0.490 e. The van der Waals surface area contributed by atoms with E-state index in [1.165, 1.54) is 25.4 Å². The number of amides is 1. The number of fused-ring (bicyclic) bond motifs is 1. The van der Waals surface area contributed by atoms with Gasteiger partial charge in [0.2, 0.25) is 5.88 Å². The van der Waals surface area contributed by atoms with Gasteiger partial charge in [-0.05, 0) is 55.5 Å². The number of ether oxygens (including phenoxy) is 2. The summed E-state index contributed by atoms with van der Waals surface area (Å²) in [5.41, 5.74) is 1.98. The molecular formula is C30H31F6N5O6. The molecule has 3 aromatic rings. The molecule has 0 saturated carbocycles. The molecule has 1 amide bonds. The first-order chi connectivity index (χ1) is 22.0. The molecule has 47 heavy (non-hydrogen) atoms. The fraction of sp³-hybridized carbons (Fsp3) is 0.433. The Morgan fingerprint density at radius 1 is 1.04 bits per heavy atom. The first-order valence-corrected chi connectivity index (χ1v) is 14.3. The van der Waals surface area contributed by atoms with Crippen molar-refractivity contribution < 1.29 is 55.6 Å². The third-order valence-electron chi connectivity index (χ3n) is 7.68. The van der Waals surface area contributed by atoms with E-state index in [2.05, 4.69) is 15.0 Å². The van der Waals surface area contributed by atoms with E-state index in [1.54, 1.807) is 6.92 Å². The lowest BCUT2D eigenvalue weighted by atomic mass is 9.83. The summed E-state index contributed by atoms with van der Waals surface area (Å²) in [6.07, 6.45) is -10.4. The number of rotatable bonds is 11. The van der Waals surface area contributed by atoms with Crippen LogP contribution in [0.15, 0.2) is 36.5 Å². The lowest BCUT2D eigenvalue weighted by Gasteiger charge is -2.45. The van der Waals surface area contributed by atoms with Gasteiger partial charge in [-0.3, -0.25) is 9.69 Å². The van der Waals surface area contributed by atoms with Gasteiger partial charge in [0.05, 0.1) is 54.0 Å². The summed E-state index contributed by atoms with van der Waals surface area (Å²) in [4.78, 5) is 37.5. The molecule has 4 rings (SSSR count). The summed E-state index contributed by atoms with van der Waals surface area (Å²) in [5.74, 6) is -1.81. The van der Waals surface area contributed by atoms with Gasteiger partial charge >= 0.3 is 24.4 Å². The van der Waals surface area contributed by atoms with E-state index in [9.17, 15) is 41.0 Å². The minimum atomic E-state index is -5.08. The first kappa shape index (κ1) is 35.2. The van der Waals surface area contributed by atoms with E-state index < -0.39 is 53.5 Å². The number of halogens is 6. The highest BCUT2D eigenvalue weighted by molar-refractivity contribution is 5.89. The van der Waals surface area contributed by atoms with Crippen LogP contribution in [-0.4, -0.2) is 56.6 Å². The molecule has 0 saturated heterocycles. The van der Waals surface area contributed by atoms with Gasteiger partial charge in [0.1, 0.15) is 11.5 Å². The number of hydrogen-bond donors (Lipinski definition) is 3. The molecule has 4 N–H and O–H groups in total. The number of unbranched alkanes of at least 4 members (excludes halogenated alkanes) is 1. The van der Waals surface area contributed by atoms with Gasteiger partial charge in [0.15, 0.2) is 5.75 Å². The number of alkyl halides is 6. The summed E-state index contributed by atoms with van der Waals surface area (Å²) in [7, 11) is 1.35. The van der Waals surface area contributed by atoms with E-state index in [0.29, 0.717) is 12.1 Å². The highest BCUT2D eigenvalue weighted by atomic mass is 19.4. The number of aliphatic carboxylic acids is 1. The van der Waals surface area contributed by atoms with Crippen LogP contribution >= 0.6 is 0 Å². The van der Waals surface area contributed by atoms with Crippen LogP contribution in [0.2, 0.25) is 0 Å². The number of aromatic nitrogens is 3. The van der Waals surface area contributed by atoms with E-state index >= 15 is 0 Å². The van der Waals surface area contributed by atoms with E-state index in [4.69, 9.17) is 20.3 Å². The molecule has 0 radical (unpaired) electrons. The second-order valence-corrected chi connectivity index (χ2v) is 10.9. The van der Waals surface area contributed by atoms with Crippen molar-refractivity contribution in [3.63, 3.8) is 0 Å². The number of pyridine rings is 1. The Labute approximate surface area is 264 Å². The molecule has 0 bridgehead atoms. The highest BCUT2D eigenvalue weighted by Crippen LogP contribution is 2.45. The Morgan fingerprint density at radius 3 is 2.26 bits per heavy atom. The molecule has 3 heterocycles. The zero-order chi connectivity index (χ0) is 34.7. The van der Waals surface area contributed by atoms with Crippen molar-refractivity contribution in [1.82, 2.24) is 15.0 Å². The van der Waals surface area contributed by atoms with Crippen LogP contribution in [0.3, 0.4) is 0 Å². The van der Waals surface area contributed by atoms with Crippen LogP contribution in [0.1, 0.15) is 78.8 Å². The van der Waals surface area contributed by atoms with Gasteiger partial charge in [-0.1, -0.05) is 6.92 Å². The van der Waals surface area contributed by atoms with Gasteiger partial charge in [0.25, 0.3) is 0 Å². The predicted octanol–water partition coefficient (Wildman–Crippen LogP) is 6.23. The number of carboxylic acid groups (broad SMARTS) is 2. The Morgan fingerprint density at radius 2 is 1.70 bits per heavy atom. The van der Waals surface area contributed by atoms with Gasteiger partial charge in [0, 0.05) is 18.9 Å². The van der Waals surface area contributed by atoms with E-state index in [1.807, 2.05) is 0 Å². The summed E-state index contributed by atoms with van der Waals surface area (Å²) < 4.78 is 92.7. The molecule has 0 spiro atoms. The number of nitrogens with zero attached hydrogens (tertiary/aromatic N) is 4. The van der Waals surface area contributed by atoms with Crippen molar-refractivity contribution in [2.24, 2.45) is 5.73 Å². The molecular weight excluding hydrogens is 640 g/mol. The molecule has 2 aromatic heterocycles. The molecule has 0 unspecified atom stereocenters. The van der Waals surface area contributed by atoms with Gasteiger partial charge < -0.3 is 25.4 Å². The molecule has 1 aromatic carbocycles. The van der Waals surface area contributed by atoms with Crippen LogP contribution < -0.4 is 20.1 Å². The minimum absolute atomic E-state index is 0.0107. The number of carbonyl (C=O) groups is 2. The van der Waals surface area contributed by atoms with Crippen molar-refractivity contribution in [2.45, 2.75) is 69.4 Å². The quantitative estimate of drug-likeness (QED) is 0.158. The van der Waals surface area contributed by atoms with Crippen LogP contribution in [0.25, 0.3) is 0 Å². The molecule has 254 valence electrons. The van der Waals surface area contributed by atoms with Crippen LogP contribution in [-0.2, 0) is 23.6 Å².